The third-order valence-corrected chi connectivity index (χ3v) is 2.85. The summed E-state index contributed by atoms with van der Waals surface area (Å²) in [5, 5.41) is 13.6. The van der Waals surface area contributed by atoms with Gasteiger partial charge in [-0.3, -0.25) is 0 Å². The number of phenols is 1. The summed E-state index contributed by atoms with van der Waals surface area (Å²) in [6, 6.07) is 14.4. The van der Waals surface area contributed by atoms with Crippen LogP contribution in [0.5, 0.6) is 5.75 Å². The highest BCUT2D eigenvalue weighted by atomic mass is 35.5. The molecule has 0 fully saturated rings. The monoisotopic (exact) mass is 271 g/mol. The lowest BCUT2D eigenvalue weighted by Crippen LogP contribution is -1.96. The number of benzene rings is 2. The summed E-state index contributed by atoms with van der Waals surface area (Å²) in [6.45, 7) is 0. The lowest BCUT2D eigenvalue weighted by molar-refractivity contribution is 0.475. The molecule has 0 saturated carbocycles. The number of aromatic nitrogens is 2. The Balaban J connectivity index is 2.09. The number of aromatic hydroxyl groups is 1. The molecule has 0 saturated heterocycles. The minimum Gasteiger partial charge on any atom is -0.508 e. The number of phenolic OH excluding ortho intramolecular Hbond substituents is 1. The van der Waals surface area contributed by atoms with Gasteiger partial charge in [-0.05, 0) is 35.9 Å². The standard InChI is InChI=1S/C14H10ClN3O/c15-14-17-12-7-2-1-6-11(12)13(18-14)16-9-4-3-5-10(19)8-9/h1-8,19H,(H,16,17,18). The lowest BCUT2D eigenvalue weighted by Gasteiger charge is -2.09. The maximum absolute atomic E-state index is 9.46. The summed E-state index contributed by atoms with van der Waals surface area (Å²) in [6.07, 6.45) is 0. The summed E-state index contributed by atoms with van der Waals surface area (Å²) < 4.78 is 0. The second kappa shape index (κ2) is 4.74. The molecule has 0 spiro atoms. The second-order valence-corrected chi connectivity index (χ2v) is 4.37. The highest BCUT2D eigenvalue weighted by Gasteiger charge is 2.06. The maximum atomic E-state index is 9.46. The van der Waals surface area contributed by atoms with Gasteiger partial charge in [0.2, 0.25) is 5.28 Å². The quantitative estimate of drug-likeness (QED) is 0.697. The van der Waals surface area contributed by atoms with Gasteiger partial charge in [-0.25, -0.2) is 4.98 Å². The highest BCUT2D eigenvalue weighted by molar-refractivity contribution is 6.28. The minimum absolute atomic E-state index is 0.182. The van der Waals surface area contributed by atoms with Crippen molar-refractivity contribution >= 4 is 34.0 Å². The average Bonchev–Trinajstić information content (AvgIpc) is 2.38. The highest BCUT2D eigenvalue weighted by Crippen LogP contribution is 2.26. The van der Waals surface area contributed by atoms with Crippen LogP contribution in [0.2, 0.25) is 5.28 Å². The number of para-hydroxylation sites is 1. The fourth-order valence-corrected chi connectivity index (χ4v) is 2.04. The summed E-state index contributed by atoms with van der Waals surface area (Å²) in [7, 11) is 0. The van der Waals surface area contributed by atoms with Gasteiger partial charge < -0.3 is 10.4 Å². The predicted octanol–water partition coefficient (Wildman–Crippen LogP) is 3.73. The number of rotatable bonds is 2. The summed E-state index contributed by atoms with van der Waals surface area (Å²) in [4.78, 5) is 8.35. The molecule has 2 aromatic carbocycles. The molecular weight excluding hydrogens is 262 g/mol. The van der Waals surface area contributed by atoms with Crippen LogP contribution >= 0.6 is 11.6 Å². The van der Waals surface area contributed by atoms with Crippen LogP contribution in [0.25, 0.3) is 10.9 Å². The van der Waals surface area contributed by atoms with Crippen molar-refractivity contribution in [2.45, 2.75) is 0 Å². The molecule has 0 aliphatic carbocycles. The van der Waals surface area contributed by atoms with E-state index in [4.69, 9.17) is 11.6 Å². The fraction of sp³-hybridized carbons (Fsp3) is 0. The van der Waals surface area contributed by atoms with E-state index < -0.39 is 0 Å². The van der Waals surface area contributed by atoms with Gasteiger partial charge in [-0.15, -0.1) is 0 Å². The van der Waals surface area contributed by atoms with Crippen LogP contribution in [-0.4, -0.2) is 15.1 Å². The molecule has 2 N–H and O–H groups in total. The first-order chi connectivity index (χ1) is 9.22. The molecule has 0 aliphatic rings. The van der Waals surface area contributed by atoms with E-state index in [1.165, 1.54) is 0 Å². The van der Waals surface area contributed by atoms with Crippen LogP contribution < -0.4 is 5.32 Å². The Morgan fingerprint density at radius 3 is 2.68 bits per heavy atom. The number of nitrogens with zero attached hydrogens (tertiary/aromatic N) is 2. The summed E-state index contributed by atoms with van der Waals surface area (Å²) >= 11 is 5.91. The number of halogens is 1. The number of nitrogens with one attached hydrogen (secondary N) is 1. The van der Waals surface area contributed by atoms with Crippen LogP contribution in [0.15, 0.2) is 48.5 Å². The van der Waals surface area contributed by atoms with E-state index in [-0.39, 0.29) is 11.0 Å². The van der Waals surface area contributed by atoms with Crippen molar-refractivity contribution in [2.75, 3.05) is 5.32 Å². The topological polar surface area (TPSA) is 58.0 Å². The zero-order valence-electron chi connectivity index (χ0n) is 9.84. The van der Waals surface area contributed by atoms with Gasteiger partial charge in [0.05, 0.1) is 5.52 Å². The Bertz CT molecular complexity index is 746. The van der Waals surface area contributed by atoms with Gasteiger partial charge in [0.15, 0.2) is 0 Å². The summed E-state index contributed by atoms with van der Waals surface area (Å²) in [5.74, 6) is 0.802. The van der Waals surface area contributed by atoms with E-state index >= 15 is 0 Å². The maximum Gasteiger partial charge on any atom is 0.224 e. The van der Waals surface area contributed by atoms with Gasteiger partial charge >= 0.3 is 0 Å². The van der Waals surface area contributed by atoms with E-state index in [0.717, 1.165) is 16.6 Å². The SMILES string of the molecule is Oc1cccc(Nc2nc(Cl)nc3ccccc23)c1. The normalized spacial score (nSPS) is 10.6. The van der Waals surface area contributed by atoms with Crippen molar-refractivity contribution < 1.29 is 5.11 Å². The number of anilines is 2. The van der Waals surface area contributed by atoms with E-state index in [0.29, 0.717) is 5.82 Å². The van der Waals surface area contributed by atoms with Crippen LogP contribution in [0, 0.1) is 0 Å². The first-order valence-electron chi connectivity index (χ1n) is 5.71. The van der Waals surface area contributed by atoms with Gasteiger partial charge in [0.1, 0.15) is 11.6 Å². The van der Waals surface area contributed by atoms with Gasteiger partial charge in [-0.2, -0.15) is 4.98 Å². The van der Waals surface area contributed by atoms with Gasteiger partial charge in [0, 0.05) is 17.1 Å². The molecule has 0 bridgehead atoms. The number of hydrogen-bond donors (Lipinski definition) is 2. The van der Waals surface area contributed by atoms with Crippen LogP contribution in [-0.2, 0) is 0 Å². The van der Waals surface area contributed by atoms with Crippen molar-refractivity contribution in [3.05, 3.63) is 53.8 Å². The van der Waals surface area contributed by atoms with Gasteiger partial charge in [0.25, 0.3) is 0 Å². The van der Waals surface area contributed by atoms with Crippen molar-refractivity contribution in [2.24, 2.45) is 0 Å². The summed E-state index contributed by atoms with van der Waals surface area (Å²) in [5.41, 5.74) is 1.50. The van der Waals surface area contributed by atoms with E-state index in [1.807, 2.05) is 30.3 Å². The molecule has 0 aliphatic heterocycles. The molecule has 0 radical (unpaired) electrons. The molecule has 0 unspecified atom stereocenters. The Kier molecular flexibility index (Phi) is 2.93. The van der Waals surface area contributed by atoms with E-state index in [1.54, 1.807) is 18.2 Å². The number of hydrogen-bond acceptors (Lipinski definition) is 4. The molecule has 1 aromatic heterocycles. The molecule has 5 heteroatoms. The fourth-order valence-electron chi connectivity index (χ4n) is 1.86. The first kappa shape index (κ1) is 11.7. The molecule has 3 rings (SSSR count). The Hall–Kier alpha value is -2.33. The zero-order valence-corrected chi connectivity index (χ0v) is 10.6. The smallest absolute Gasteiger partial charge is 0.224 e. The Labute approximate surface area is 114 Å². The molecule has 3 aromatic rings. The van der Waals surface area contributed by atoms with Crippen molar-refractivity contribution in [3.63, 3.8) is 0 Å². The molecule has 0 amide bonds. The van der Waals surface area contributed by atoms with Crippen LogP contribution in [0.1, 0.15) is 0 Å². The molecule has 1 heterocycles. The first-order valence-corrected chi connectivity index (χ1v) is 6.08. The van der Waals surface area contributed by atoms with E-state index in [9.17, 15) is 5.11 Å². The third kappa shape index (κ3) is 2.44. The molecule has 19 heavy (non-hydrogen) atoms. The number of fused-ring (bicyclic) bond motifs is 1. The average molecular weight is 272 g/mol. The van der Waals surface area contributed by atoms with Crippen LogP contribution in [0.4, 0.5) is 11.5 Å². The molecular formula is C14H10ClN3O. The van der Waals surface area contributed by atoms with Crippen LogP contribution in [0.3, 0.4) is 0 Å². The van der Waals surface area contributed by atoms with Crippen molar-refractivity contribution in [3.8, 4) is 5.75 Å². The molecule has 94 valence electrons. The second-order valence-electron chi connectivity index (χ2n) is 4.03. The largest absolute Gasteiger partial charge is 0.508 e. The predicted molar refractivity (Wildman–Crippen MR) is 75.9 cm³/mol. The third-order valence-electron chi connectivity index (χ3n) is 2.68. The lowest BCUT2D eigenvalue weighted by atomic mass is 10.2. The minimum atomic E-state index is 0.182. The van der Waals surface area contributed by atoms with Crippen molar-refractivity contribution in [1.82, 2.24) is 9.97 Å². The van der Waals surface area contributed by atoms with Crippen molar-refractivity contribution in [1.29, 1.82) is 0 Å². The Morgan fingerprint density at radius 2 is 1.84 bits per heavy atom. The molecule has 0 atom stereocenters. The molecule has 4 nitrogen and oxygen atoms in total. The van der Waals surface area contributed by atoms with E-state index in [2.05, 4.69) is 15.3 Å². The zero-order chi connectivity index (χ0) is 13.2. The van der Waals surface area contributed by atoms with Gasteiger partial charge in [-0.1, -0.05) is 18.2 Å². The Morgan fingerprint density at radius 1 is 1.00 bits per heavy atom.